The van der Waals surface area contributed by atoms with Gasteiger partial charge in [0.05, 0.1) is 0 Å². The van der Waals surface area contributed by atoms with Gasteiger partial charge in [-0.3, -0.25) is 9.78 Å². The summed E-state index contributed by atoms with van der Waals surface area (Å²) < 4.78 is 10.6. The van der Waals surface area contributed by atoms with E-state index in [2.05, 4.69) is 9.97 Å². The number of nitrogens with one attached hydrogen (secondary N) is 1. The zero-order valence-corrected chi connectivity index (χ0v) is 13.5. The largest absolute Gasteiger partial charge is 0.459 e. The lowest BCUT2D eigenvalue weighted by Crippen LogP contribution is -2.15. The van der Waals surface area contributed by atoms with Crippen LogP contribution in [-0.4, -0.2) is 17.2 Å². The number of aryl methyl sites for hydroxylation is 1. The Morgan fingerprint density at radius 2 is 2.22 bits per heavy atom. The van der Waals surface area contributed by atoms with Gasteiger partial charge in [-0.25, -0.2) is 4.79 Å². The van der Waals surface area contributed by atoms with E-state index in [0.29, 0.717) is 17.4 Å². The number of ether oxygens (including phenoxy) is 1. The average Bonchev–Trinajstić information content (AvgIpc) is 2.99. The van der Waals surface area contributed by atoms with Gasteiger partial charge in [0.25, 0.3) is 11.6 Å². The van der Waals surface area contributed by atoms with E-state index in [-0.39, 0.29) is 23.9 Å². The predicted octanol–water partition coefficient (Wildman–Crippen LogP) is 1.46. The van der Waals surface area contributed by atoms with E-state index in [1.807, 2.05) is 32.5 Å². The molecule has 3 aromatic rings. The highest BCUT2D eigenvalue weighted by Gasteiger charge is 2.12. The van der Waals surface area contributed by atoms with Crippen molar-refractivity contribution in [2.24, 2.45) is 0 Å². The fourth-order valence-electron chi connectivity index (χ4n) is 2.24. The SMILES string of the molecule is C[B]c1csc(COc2nc3oc(=O)cc(CC)c3c(=O)[nH]2)c1. The van der Waals surface area contributed by atoms with Crippen molar-refractivity contribution in [2.45, 2.75) is 26.8 Å². The first-order valence-corrected chi connectivity index (χ1v) is 8.05. The lowest BCUT2D eigenvalue weighted by molar-refractivity contribution is 0.283. The fraction of sp³-hybridized carbons (Fsp3) is 0.267. The van der Waals surface area contributed by atoms with Crippen LogP contribution in [0.15, 0.2) is 31.5 Å². The van der Waals surface area contributed by atoms with E-state index in [9.17, 15) is 9.59 Å². The molecule has 8 heteroatoms. The summed E-state index contributed by atoms with van der Waals surface area (Å²) >= 11 is 1.56. The molecule has 0 atom stereocenters. The number of nitrogens with zero attached hydrogens (tertiary/aromatic N) is 1. The molecule has 0 bridgehead atoms. The van der Waals surface area contributed by atoms with Crippen LogP contribution in [0.4, 0.5) is 0 Å². The molecule has 0 aliphatic carbocycles. The van der Waals surface area contributed by atoms with Gasteiger partial charge in [0, 0.05) is 10.9 Å². The number of hydrogen-bond acceptors (Lipinski definition) is 6. The van der Waals surface area contributed by atoms with Crippen molar-refractivity contribution in [3.63, 3.8) is 0 Å². The highest BCUT2D eigenvalue weighted by Crippen LogP contribution is 2.15. The van der Waals surface area contributed by atoms with Crippen molar-refractivity contribution >= 4 is 35.2 Å². The number of fused-ring (bicyclic) bond motifs is 1. The van der Waals surface area contributed by atoms with Gasteiger partial charge in [-0.2, -0.15) is 4.98 Å². The van der Waals surface area contributed by atoms with Gasteiger partial charge in [0.1, 0.15) is 19.3 Å². The first-order valence-electron chi connectivity index (χ1n) is 7.17. The molecule has 0 saturated carbocycles. The number of rotatable bonds is 5. The standard InChI is InChI=1S/C15H14BN2O4S/c1-3-8-4-11(19)22-14-12(8)13(20)17-15(18-14)21-6-10-5-9(16-2)7-23-10/h4-5,7H,3,6H2,1-2H3,(H,17,18,20). The molecule has 0 unspecified atom stereocenters. The lowest BCUT2D eigenvalue weighted by atomic mass is 9.75. The summed E-state index contributed by atoms with van der Waals surface area (Å²) in [4.78, 5) is 31.4. The maximum atomic E-state index is 12.2. The highest BCUT2D eigenvalue weighted by atomic mass is 32.1. The molecule has 0 aromatic carbocycles. The summed E-state index contributed by atoms with van der Waals surface area (Å²) in [5.74, 6) is 0. The Balaban J connectivity index is 1.93. The first kappa shape index (κ1) is 15.5. The van der Waals surface area contributed by atoms with Gasteiger partial charge < -0.3 is 9.15 Å². The summed E-state index contributed by atoms with van der Waals surface area (Å²) in [5, 5.41) is 2.31. The molecule has 1 N–H and O–H groups in total. The van der Waals surface area contributed by atoms with E-state index in [1.165, 1.54) is 6.07 Å². The highest BCUT2D eigenvalue weighted by molar-refractivity contribution is 7.11. The second kappa shape index (κ2) is 6.41. The predicted molar refractivity (Wildman–Crippen MR) is 90.2 cm³/mol. The zero-order valence-electron chi connectivity index (χ0n) is 12.7. The van der Waals surface area contributed by atoms with Gasteiger partial charge in [-0.15, -0.1) is 11.3 Å². The minimum Gasteiger partial charge on any atom is -0.459 e. The molecule has 0 spiro atoms. The molecular formula is C15H14BN2O4S. The van der Waals surface area contributed by atoms with Gasteiger partial charge in [0.15, 0.2) is 0 Å². The topological polar surface area (TPSA) is 85.2 Å². The zero-order chi connectivity index (χ0) is 16.4. The summed E-state index contributed by atoms with van der Waals surface area (Å²) in [6.45, 7) is 4.10. The van der Waals surface area contributed by atoms with Crippen LogP contribution in [0.1, 0.15) is 17.4 Å². The molecule has 3 heterocycles. The van der Waals surface area contributed by atoms with Crippen molar-refractivity contribution in [3.05, 3.63) is 48.7 Å². The van der Waals surface area contributed by atoms with Crippen LogP contribution in [-0.2, 0) is 13.0 Å². The van der Waals surface area contributed by atoms with Crippen molar-refractivity contribution in [1.29, 1.82) is 0 Å². The van der Waals surface area contributed by atoms with Crippen LogP contribution in [0.25, 0.3) is 11.1 Å². The Morgan fingerprint density at radius 3 is 2.91 bits per heavy atom. The summed E-state index contributed by atoms with van der Waals surface area (Å²) in [7, 11) is 2.00. The van der Waals surface area contributed by atoms with Crippen molar-refractivity contribution in [1.82, 2.24) is 9.97 Å². The third-order valence-electron chi connectivity index (χ3n) is 3.41. The van der Waals surface area contributed by atoms with Crippen molar-refractivity contribution in [2.75, 3.05) is 0 Å². The van der Waals surface area contributed by atoms with E-state index >= 15 is 0 Å². The molecular weight excluding hydrogens is 315 g/mol. The molecule has 0 fully saturated rings. The Hall–Kier alpha value is -2.35. The maximum Gasteiger partial charge on any atom is 0.337 e. The van der Waals surface area contributed by atoms with Crippen LogP contribution in [0, 0.1) is 0 Å². The maximum absolute atomic E-state index is 12.2. The smallest absolute Gasteiger partial charge is 0.337 e. The van der Waals surface area contributed by atoms with Crippen LogP contribution in [0.2, 0.25) is 6.82 Å². The number of hydrogen-bond donors (Lipinski definition) is 1. The van der Waals surface area contributed by atoms with E-state index in [1.54, 1.807) is 11.3 Å². The minimum absolute atomic E-state index is 0.00172. The molecule has 6 nitrogen and oxygen atoms in total. The van der Waals surface area contributed by atoms with Crippen molar-refractivity contribution in [3.8, 4) is 6.01 Å². The molecule has 0 aliphatic rings. The minimum atomic E-state index is -0.528. The van der Waals surface area contributed by atoms with E-state index in [4.69, 9.17) is 9.15 Å². The molecule has 1 radical (unpaired) electrons. The van der Waals surface area contributed by atoms with Gasteiger partial charge >= 0.3 is 5.63 Å². The van der Waals surface area contributed by atoms with E-state index < -0.39 is 5.63 Å². The first-order chi connectivity index (χ1) is 11.1. The average molecular weight is 329 g/mol. The van der Waals surface area contributed by atoms with Crippen LogP contribution >= 0.6 is 11.3 Å². The Morgan fingerprint density at radius 1 is 1.39 bits per heavy atom. The number of aromatic nitrogens is 2. The Labute approximate surface area is 136 Å². The molecule has 0 aliphatic heterocycles. The number of thiophene rings is 1. The van der Waals surface area contributed by atoms with Crippen LogP contribution in [0.3, 0.4) is 0 Å². The lowest BCUT2D eigenvalue weighted by Gasteiger charge is -2.05. The third-order valence-corrected chi connectivity index (χ3v) is 4.34. The quantitative estimate of drug-likeness (QED) is 0.716. The molecule has 23 heavy (non-hydrogen) atoms. The Kier molecular flexibility index (Phi) is 4.34. The number of aromatic amines is 1. The summed E-state index contributed by atoms with van der Waals surface area (Å²) in [5.41, 5.74) is 0.825. The monoisotopic (exact) mass is 329 g/mol. The molecule has 3 rings (SSSR count). The fourth-order valence-corrected chi connectivity index (χ4v) is 3.06. The van der Waals surface area contributed by atoms with Crippen LogP contribution in [0.5, 0.6) is 6.01 Å². The molecule has 3 aromatic heterocycles. The summed E-state index contributed by atoms with van der Waals surface area (Å²) in [6.07, 6.45) is 0.540. The van der Waals surface area contributed by atoms with E-state index in [0.717, 1.165) is 10.3 Å². The normalized spacial score (nSPS) is 10.9. The second-order valence-corrected chi connectivity index (χ2v) is 5.91. The molecule has 0 saturated heterocycles. The molecule has 117 valence electrons. The van der Waals surface area contributed by atoms with Crippen molar-refractivity contribution < 1.29 is 9.15 Å². The third kappa shape index (κ3) is 3.21. The molecule has 0 amide bonds. The second-order valence-electron chi connectivity index (χ2n) is 4.92. The van der Waals surface area contributed by atoms with Gasteiger partial charge in [-0.05, 0) is 17.4 Å². The van der Waals surface area contributed by atoms with Gasteiger partial charge in [0.2, 0.25) is 5.71 Å². The Bertz CT molecular complexity index is 960. The van der Waals surface area contributed by atoms with Crippen LogP contribution < -0.4 is 21.4 Å². The number of H-pyrrole nitrogens is 1. The summed E-state index contributed by atoms with van der Waals surface area (Å²) in [6, 6.07) is 3.35. The van der Waals surface area contributed by atoms with Gasteiger partial charge in [-0.1, -0.05) is 25.3 Å².